The Morgan fingerprint density at radius 2 is 2.08 bits per heavy atom. The van der Waals surface area contributed by atoms with Gasteiger partial charge in [-0.2, -0.15) is 0 Å². The topological polar surface area (TPSA) is 20.2 Å². The molecule has 0 bridgehead atoms. The second-order valence-corrected chi connectivity index (χ2v) is 3.17. The van der Waals surface area contributed by atoms with E-state index < -0.39 is 6.17 Å². The van der Waals surface area contributed by atoms with Crippen molar-refractivity contribution in [1.29, 1.82) is 0 Å². The Kier molecular flexibility index (Phi) is 3.74. The van der Waals surface area contributed by atoms with E-state index in [2.05, 4.69) is 0 Å². The lowest BCUT2D eigenvalue weighted by Crippen LogP contribution is -1.91. The minimum absolute atomic E-state index is 0.0612. The van der Waals surface area contributed by atoms with Gasteiger partial charge in [0.15, 0.2) is 0 Å². The summed E-state index contributed by atoms with van der Waals surface area (Å²) in [5.41, 5.74) is 0.413. The van der Waals surface area contributed by atoms with Crippen molar-refractivity contribution in [2.45, 2.75) is 32.4 Å². The molecule has 0 aliphatic heterocycles. The molecule has 1 atom stereocenters. The number of rotatable bonds is 4. The van der Waals surface area contributed by atoms with E-state index in [-0.39, 0.29) is 5.75 Å². The number of halogens is 1. The minimum Gasteiger partial charge on any atom is -0.508 e. The Morgan fingerprint density at radius 3 is 2.69 bits per heavy atom. The van der Waals surface area contributed by atoms with E-state index in [1.807, 2.05) is 6.92 Å². The number of benzene rings is 1. The molecular formula is C11H15FO. The molecule has 1 rings (SSSR count). The van der Waals surface area contributed by atoms with Gasteiger partial charge in [0.1, 0.15) is 11.9 Å². The van der Waals surface area contributed by atoms with Gasteiger partial charge >= 0.3 is 0 Å². The highest BCUT2D eigenvalue weighted by Crippen LogP contribution is 2.29. The fourth-order valence-corrected chi connectivity index (χ4v) is 1.29. The number of hydrogen-bond acceptors (Lipinski definition) is 1. The van der Waals surface area contributed by atoms with Crippen molar-refractivity contribution in [3.8, 4) is 5.75 Å². The minimum atomic E-state index is -1.03. The van der Waals surface area contributed by atoms with Crippen LogP contribution in [-0.4, -0.2) is 5.11 Å². The first-order valence-electron chi connectivity index (χ1n) is 4.67. The smallest absolute Gasteiger partial charge is 0.129 e. The van der Waals surface area contributed by atoms with Gasteiger partial charge in [-0.1, -0.05) is 38.0 Å². The lowest BCUT2D eigenvalue weighted by atomic mass is 10.0. The SMILES string of the molecule is CCCCC(F)c1ccccc1O. The summed E-state index contributed by atoms with van der Waals surface area (Å²) < 4.78 is 13.4. The van der Waals surface area contributed by atoms with Crippen LogP contribution in [0.1, 0.15) is 37.9 Å². The molecule has 0 aliphatic rings. The standard InChI is InChI=1S/C11H15FO/c1-2-3-7-10(12)9-6-4-5-8-11(9)13/h4-6,8,10,13H,2-3,7H2,1H3. The molecule has 2 heteroatoms. The number of hydrogen-bond donors (Lipinski definition) is 1. The van der Waals surface area contributed by atoms with Crippen LogP contribution in [0.25, 0.3) is 0 Å². The fourth-order valence-electron chi connectivity index (χ4n) is 1.29. The van der Waals surface area contributed by atoms with Crippen molar-refractivity contribution in [2.24, 2.45) is 0 Å². The Labute approximate surface area is 78.2 Å². The molecule has 0 aromatic heterocycles. The number of aromatic hydroxyl groups is 1. The molecule has 0 amide bonds. The molecule has 1 aromatic rings. The zero-order valence-corrected chi connectivity index (χ0v) is 7.83. The van der Waals surface area contributed by atoms with Crippen LogP contribution in [0.15, 0.2) is 24.3 Å². The van der Waals surface area contributed by atoms with Gasteiger partial charge in [-0.15, -0.1) is 0 Å². The second-order valence-electron chi connectivity index (χ2n) is 3.17. The number of phenols is 1. The average molecular weight is 182 g/mol. The summed E-state index contributed by atoms with van der Waals surface area (Å²) in [6.45, 7) is 2.03. The lowest BCUT2D eigenvalue weighted by molar-refractivity contribution is 0.305. The molecule has 0 radical (unpaired) electrons. The molecule has 0 spiro atoms. The molecule has 13 heavy (non-hydrogen) atoms. The van der Waals surface area contributed by atoms with Crippen LogP contribution in [0.5, 0.6) is 5.75 Å². The first-order chi connectivity index (χ1) is 6.25. The molecule has 1 unspecified atom stereocenters. The summed E-state index contributed by atoms with van der Waals surface area (Å²) in [7, 11) is 0. The van der Waals surface area contributed by atoms with Gasteiger partial charge in [0.05, 0.1) is 0 Å². The summed E-state index contributed by atoms with van der Waals surface area (Å²) in [5.74, 6) is 0.0612. The van der Waals surface area contributed by atoms with Crippen LogP contribution < -0.4 is 0 Å². The molecule has 1 N–H and O–H groups in total. The van der Waals surface area contributed by atoms with Crippen LogP contribution in [0, 0.1) is 0 Å². The maximum atomic E-state index is 13.4. The average Bonchev–Trinajstić information content (AvgIpc) is 2.15. The zero-order valence-electron chi connectivity index (χ0n) is 7.83. The normalized spacial score (nSPS) is 12.8. The third-order valence-corrected chi connectivity index (χ3v) is 2.09. The van der Waals surface area contributed by atoms with Crippen LogP contribution in [0.2, 0.25) is 0 Å². The molecule has 0 aliphatic carbocycles. The number of alkyl halides is 1. The van der Waals surface area contributed by atoms with Gasteiger partial charge in [0.2, 0.25) is 0 Å². The largest absolute Gasteiger partial charge is 0.508 e. The van der Waals surface area contributed by atoms with Gasteiger partial charge in [-0.05, 0) is 12.5 Å². The zero-order chi connectivity index (χ0) is 9.68. The molecule has 0 saturated heterocycles. The van der Waals surface area contributed by atoms with Gasteiger partial charge < -0.3 is 5.11 Å². The first kappa shape index (κ1) is 10.0. The maximum absolute atomic E-state index is 13.4. The Hall–Kier alpha value is -1.05. The van der Waals surface area contributed by atoms with Crippen LogP contribution in [0.4, 0.5) is 4.39 Å². The summed E-state index contributed by atoms with van der Waals surface area (Å²) in [6.07, 6.45) is 1.30. The predicted octanol–water partition coefficient (Wildman–Crippen LogP) is 3.59. The Bertz CT molecular complexity index is 260. The molecule has 72 valence electrons. The van der Waals surface area contributed by atoms with E-state index in [4.69, 9.17) is 0 Å². The van der Waals surface area contributed by atoms with E-state index in [0.717, 1.165) is 12.8 Å². The molecule has 0 fully saturated rings. The number of para-hydroxylation sites is 1. The van der Waals surface area contributed by atoms with E-state index in [1.54, 1.807) is 18.2 Å². The highest BCUT2D eigenvalue weighted by Gasteiger charge is 2.12. The maximum Gasteiger partial charge on any atom is 0.129 e. The number of phenolic OH excluding ortho intramolecular Hbond substituents is 1. The van der Waals surface area contributed by atoms with Crippen molar-refractivity contribution in [3.05, 3.63) is 29.8 Å². The fraction of sp³-hybridized carbons (Fsp3) is 0.455. The van der Waals surface area contributed by atoms with E-state index >= 15 is 0 Å². The molecule has 1 aromatic carbocycles. The van der Waals surface area contributed by atoms with Crippen LogP contribution in [0.3, 0.4) is 0 Å². The highest BCUT2D eigenvalue weighted by atomic mass is 19.1. The van der Waals surface area contributed by atoms with Crippen LogP contribution >= 0.6 is 0 Å². The molecule has 0 saturated carbocycles. The van der Waals surface area contributed by atoms with Gasteiger partial charge in [-0.25, -0.2) is 4.39 Å². The summed E-state index contributed by atoms with van der Waals surface area (Å²) in [6, 6.07) is 6.60. The molecule has 0 heterocycles. The van der Waals surface area contributed by atoms with E-state index in [9.17, 15) is 9.50 Å². The van der Waals surface area contributed by atoms with Crippen molar-refractivity contribution >= 4 is 0 Å². The first-order valence-corrected chi connectivity index (χ1v) is 4.67. The summed E-state index contributed by atoms with van der Waals surface area (Å²) in [5, 5.41) is 9.34. The molecule has 1 nitrogen and oxygen atoms in total. The predicted molar refractivity (Wildman–Crippen MR) is 51.5 cm³/mol. The van der Waals surface area contributed by atoms with Gasteiger partial charge in [0, 0.05) is 5.56 Å². The van der Waals surface area contributed by atoms with E-state index in [0.29, 0.717) is 12.0 Å². The van der Waals surface area contributed by atoms with Crippen molar-refractivity contribution in [2.75, 3.05) is 0 Å². The quantitative estimate of drug-likeness (QED) is 0.754. The third kappa shape index (κ3) is 2.72. The monoisotopic (exact) mass is 182 g/mol. The summed E-state index contributed by atoms with van der Waals surface area (Å²) >= 11 is 0. The third-order valence-electron chi connectivity index (χ3n) is 2.09. The second kappa shape index (κ2) is 4.85. The van der Waals surface area contributed by atoms with Crippen molar-refractivity contribution in [3.63, 3.8) is 0 Å². The van der Waals surface area contributed by atoms with E-state index in [1.165, 1.54) is 6.07 Å². The van der Waals surface area contributed by atoms with Crippen molar-refractivity contribution in [1.82, 2.24) is 0 Å². The molecular weight excluding hydrogens is 167 g/mol. The van der Waals surface area contributed by atoms with Gasteiger partial charge in [-0.3, -0.25) is 0 Å². The Morgan fingerprint density at radius 1 is 1.38 bits per heavy atom. The Balaban J connectivity index is 2.65. The highest BCUT2D eigenvalue weighted by molar-refractivity contribution is 5.33. The summed E-state index contributed by atoms with van der Waals surface area (Å²) in [4.78, 5) is 0. The van der Waals surface area contributed by atoms with Crippen molar-refractivity contribution < 1.29 is 9.50 Å². The lowest BCUT2D eigenvalue weighted by Gasteiger charge is -2.08. The van der Waals surface area contributed by atoms with Gasteiger partial charge in [0.25, 0.3) is 0 Å². The number of unbranched alkanes of at least 4 members (excludes halogenated alkanes) is 1. The van der Waals surface area contributed by atoms with Crippen LogP contribution in [-0.2, 0) is 0 Å².